The van der Waals surface area contributed by atoms with Gasteiger partial charge in [0.05, 0.1) is 11.4 Å². The van der Waals surface area contributed by atoms with Gasteiger partial charge in [0.15, 0.2) is 0 Å². The smallest absolute Gasteiger partial charge is 0.132 e. The molecule has 0 spiro atoms. The van der Waals surface area contributed by atoms with Crippen LogP contribution in [-0.2, 0) is 12.8 Å². The molecular weight excluding hydrogens is 347 g/mol. The number of halogens is 1. The van der Waals surface area contributed by atoms with E-state index in [2.05, 4.69) is 30.1 Å². The molecule has 1 aliphatic rings. The van der Waals surface area contributed by atoms with E-state index in [1.54, 1.807) is 6.07 Å². The Kier molecular flexibility index (Phi) is 8.00. The highest BCUT2D eigenvalue weighted by Crippen LogP contribution is 2.34. The molecule has 0 aliphatic heterocycles. The summed E-state index contributed by atoms with van der Waals surface area (Å²) in [7, 11) is 0. The maximum Gasteiger partial charge on any atom is 0.132 e. The highest BCUT2D eigenvalue weighted by molar-refractivity contribution is 5.59. The van der Waals surface area contributed by atoms with E-state index >= 15 is 0 Å². The van der Waals surface area contributed by atoms with Crippen LogP contribution in [0.2, 0.25) is 0 Å². The van der Waals surface area contributed by atoms with Crippen molar-refractivity contribution in [2.75, 3.05) is 0 Å². The Bertz CT molecular complexity index is 718. The van der Waals surface area contributed by atoms with Gasteiger partial charge in [0.25, 0.3) is 0 Å². The third kappa shape index (κ3) is 5.86. The second kappa shape index (κ2) is 10.7. The molecule has 1 aromatic heterocycles. The third-order valence-corrected chi connectivity index (χ3v) is 6.32. The maximum absolute atomic E-state index is 14.7. The molecule has 0 amide bonds. The fourth-order valence-corrected chi connectivity index (χ4v) is 4.50. The molecule has 2 nitrogen and oxygen atoms in total. The van der Waals surface area contributed by atoms with Gasteiger partial charge in [-0.25, -0.2) is 4.39 Å². The summed E-state index contributed by atoms with van der Waals surface area (Å²) in [6.45, 7) is 4.45. The number of aromatic nitrogens is 2. The Labute approximate surface area is 170 Å². The van der Waals surface area contributed by atoms with Crippen molar-refractivity contribution in [1.29, 1.82) is 0 Å². The monoisotopic (exact) mass is 382 g/mol. The summed E-state index contributed by atoms with van der Waals surface area (Å²) in [6, 6.07) is 9.50. The molecule has 2 aromatic rings. The van der Waals surface area contributed by atoms with Gasteiger partial charge in [-0.05, 0) is 67.3 Å². The zero-order chi connectivity index (χ0) is 19.8. The van der Waals surface area contributed by atoms with Gasteiger partial charge >= 0.3 is 0 Å². The standard InChI is InChI=1S/C25H35FN2/c1-3-5-7-22-15-17-25(28-27-22)23-16-14-21(18-24(23)26)13-12-20-10-8-19(6-4-2)9-11-20/h14-20H,3-13H2,1-2H3. The fourth-order valence-electron chi connectivity index (χ4n) is 4.50. The molecule has 28 heavy (non-hydrogen) atoms. The molecule has 1 aromatic carbocycles. The van der Waals surface area contributed by atoms with Gasteiger partial charge in [-0.1, -0.05) is 64.9 Å². The van der Waals surface area contributed by atoms with Crippen molar-refractivity contribution in [3.8, 4) is 11.3 Å². The maximum atomic E-state index is 14.7. The zero-order valence-corrected chi connectivity index (χ0v) is 17.6. The van der Waals surface area contributed by atoms with Crippen LogP contribution >= 0.6 is 0 Å². The third-order valence-electron chi connectivity index (χ3n) is 6.32. The lowest BCUT2D eigenvalue weighted by molar-refractivity contribution is 0.252. The van der Waals surface area contributed by atoms with E-state index < -0.39 is 0 Å². The minimum absolute atomic E-state index is 0.181. The predicted molar refractivity (Wildman–Crippen MR) is 115 cm³/mol. The van der Waals surface area contributed by atoms with E-state index in [0.717, 1.165) is 48.8 Å². The van der Waals surface area contributed by atoms with Crippen LogP contribution < -0.4 is 0 Å². The second-order valence-corrected chi connectivity index (χ2v) is 8.54. The fraction of sp³-hybridized carbons (Fsp3) is 0.600. The number of rotatable bonds is 9. The first kappa shape index (κ1) is 21.0. The number of nitrogens with zero attached hydrogens (tertiary/aromatic N) is 2. The summed E-state index contributed by atoms with van der Waals surface area (Å²) in [6.07, 6.45) is 13.5. The molecule has 1 aliphatic carbocycles. The second-order valence-electron chi connectivity index (χ2n) is 8.54. The number of unbranched alkanes of at least 4 members (excludes halogenated alkanes) is 1. The van der Waals surface area contributed by atoms with Gasteiger partial charge in [-0.3, -0.25) is 0 Å². The van der Waals surface area contributed by atoms with Crippen LogP contribution in [0.3, 0.4) is 0 Å². The zero-order valence-electron chi connectivity index (χ0n) is 17.6. The van der Waals surface area contributed by atoms with Crippen LogP contribution in [0.4, 0.5) is 4.39 Å². The van der Waals surface area contributed by atoms with Crippen LogP contribution in [0, 0.1) is 17.7 Å². The lowest BCUT2D eigenvalue weighted by Crippen LogP contribution is -2.15. The Morgan fingerprint density at radius 2 is 1.61 bits per heavy atom. The summed E-state index contributed by atoms with van der Waals surface area (Å²) in [5.74, 6) is 1.59. The Balaban J connectivity index is 1.54. The van der Waals surface area contributed by atoms with E-state index in [4.69, 9.17) is 0 Å². The summed E-state index contributed by atoms with van der Waals surface area (Å²) in [4.78, 5) is 0. The largest absolute Gasteiger partial charge is 0.206 e. The van der Waals surface area contributed by atoms with Crippen molar-refractivity contribution in [1.82, 2.24) is 10.2 Å². The molecule has 3 heteroatoms. The van der Waals surface area contributed by atoms with E-state index in [9.17, 15) is 4.39 Å². The van der Waals surface area contributed by atoms with Gasteiger partial charge in [0.1, 0.15) is 5.82 Å². The molecule has 0 saturated heterocycles. The minimum Gasteiger partial charge on any atom is -0.206 e. The molecule has 0 bridgehead atoms. The first-order valence-electron chi connectivity index (χ1n) is 11.3. The van der Waals surface area contributed by atoms with E-state index in [1.807, 2.05) is 18.2 Å². The van der Waals surface area contributed by atoms with Crippen LogP contribution in [0.1, 0.15) is 82.9 Å². The highest BCUT2D eigenvalue weighted by Gasteiger charge is 2.20. The average molecular weight is 383 g/mol. The quantitative estimate of drug-likeness (QED) is 0.459. The molecule has 3 rings (SSSR count). The molecule has 1 fully saturated rings. The van der Waals surface area contributed by atoms with Crippen LogP contribution in [-0.4, -0.2) is 10.2 Å². The molecule has 0 unspecified atom stereocenters. The van der Waals surface area contributed by atoms with Gasteiger partial charge in [0, 0.05) is 5.56 Å². The van der Waals surface area contributed by atoms with E-state index in [1.165, 1.54) is 44.9 Å². The number of benzene rings is 1. The van der Waals surface area contributed by atoms with E-state index in [0.29, 0.717) is 11.3 Å². The van der Waals surface area contributed by atoms with Crippen molar-refractivity contribution in [3.63, 3.8) is 0 Å². The molecule has 1 saturated carbocycles. The topological polar surface area (TPSA) is 25.8 Å². The van der Waals surface area contributed by atoms with Crippen molar-refractivity contribution in [2.24, 2.45) is 11.8 Å². The van der Waals surface area contributed by atoms with Crippen LogP contribution in [0.25, 0.3) is 11.3 Å². The summed E-state index contributed by atoms with van der Waals surface area (Å²) >= 11 is 0. The average Bonchev–Trinajstić information content (AvgIpc) is 2.72. The number of hydrogen-bond donors (Lipinski definition) is 0. The lowest BCUT2D eigenvalue weighted by Gasteiger charge is -2.28. The van der Waals surface area contributed by atoms with Gasteiger partial charge < -0.3 is 0 Å². The molecule has 0 radical (unpaired) electrons. The van der Waals surface area contributed by atoms with Crippen molar-refractivity contribution in [3.05, 3.63) is 47.4 Å². The van der Waals surface area contributed by atoms with Gasteiger partial charge in [-0.15, -0.1) is 0 Å². The minimum atomic E-state index is -0.181. The lowest BCUT2D eigenvalue weighted by atomic mass is 9.78. The normalized spacial score (nSPS) is 19.7. The summed E-state index contributed by atoms with van der Waals surface area (Å²) in [5, 5.41) is 8.50. The number of aryl methyl sites for hydroxylation is 2. The first-order chi connectivity index (χ1) is 13.7. The highest BCUT2D eigenvalue weighted by atomic mass is 19.1. The van der Waals surface area contributed by atoms with E-state index in [-0.39, 0.29) is 5.82 Å². The molecule has 0 N–H and O–H groups in total. The van der Waals surface area contributed by atoms with Crippen LogP contribution in [0.15, 0.2) is 30.3 Å². The van der Waals surface area contributed by atoms with Gasteiger partial charge in [-0.2, -0.15) is 10.2 Å². The predicted octanol–water partition coefficient (Wildman–Crippen LogP) is 7.16. The SMILES string of the molecule is CCCCc1ccc(-c2ccc(CCC3CCC(CCC)CC3)cc2F)nn1. The molecule has 0 atom stereocenters. The Hall–Kier alpha value is -1.77. The van der Waals surface area contributed by atoms with Crippen LogP contribution in [0.5, 0.6) is 0 Å². The van der Waals surface area contributed by atoms with Crippen molar-refractivity contribution in [2.45, 2.75) is 84.5 Å². The van der Waals surface area contributed by atoms with Gasteiger partial charge in [0.2, 0.25) is 0 Å². The molecule has 152 valence electrons. The van der Waals surface area contributed by atoms with Crippen molar-refractivity contribution >= 4 is 0 Å². The Morgan fingerprint density at radius 3 is 2.21 bits per heavy atom. The first-order valence-corrected chi connectivity index (χ1v) is 11.3. The van der Waals surface area contributed by atoms with Crippen molar-refractivity contribution < 1.29 is 4.39 Å². The Morgan fingerprint density at radius 1 is 0.857 bits per heavy atom. The molecule has 1 heterocycles. The summed E-state index contributed by atoms with van der Waals surface area (Å²) < 4.78 is 14.7. The number of hydrogen-bond acceptors (Lipinski definition) is 2. The molecular formula is C25H35FN2. The summed E-state index contributed by atoms with van der Waals surface area (Å²) in [5.41, 5.74) is 3.26.